The molecule has 0 aromatic heterocycles. The molecule has 0 heterocycles. The first-order chi connectivity index (χ1) is 9.10. The first kappa shape index (κ1) is 19.4. The van der Waals surface area contributed by atoms with E-state index >= 15 is 0 Å². The molecule has 0 radical (unpaired) electrons. The molecule has 1 amide bonds. The van der Waals surface area contributed by atoms with E-state index in [-0.39, 0.29) is 12.5 Å². The van der Waals surface area contributed by atoms with Crippen molar-refractivity contribution in [3.63, 3.8) is 0 Å². The van der Waals surface area contributed by atoms with Gasteiger partial charge in [0, 0.05) is 19.6 Å². The molecule has 0 aliphatic carbocycles. The van der Waals surface area contributed by atoms with E-state index in [4.69, 9.17) is 5.11 Å². The first-order valence-corrected chi connectivity index (χ1v) is 7.97. The van der Waals surface area contributed by atoms with Crippen molar-refractivity contribution in [3.8, 4) is 0 Å². The molecule has 3 nitrogen and oxygen atoms in total. The van der Waals surface area contributed by atoms with Crippen molar-refractivity contribution in [3.05, 3.63) is 0 Å². The maximum Gasteiger partial charge on any atom is 0.220 e. The standard InChI is InChI=1S/C17H35NO2/c1-14(9-11-17(5,6)16(2,3)4)10-12-18-15(20)8-7-13-19/h14,19H,7-13H2,1-6H3,(H,18,20). The summed E-state index contributed by atoms with van der Waals surface area (Å²) in [7, 11) is 0. The minimum absolute atomic E-state index is 0.0567. The van der Waals surface area contributed by atoms with Crippen molar-refractivity contribution in [2.75, 3.05) is 13.2 Å². The van der Waals surface area contributed by atoms with Crippen LogP contribution in [0.2, 0.25) is 0 Å². The number of hydrogen-bond acceptors (Lipinski definition) is 2. The minimum Gasteiger partial charge on any atom is -0.396 e. The maximum absolute atomic E-state index is 11.4. The molecule has 3 heteroatoms. The number of aliphatic hydroxyl groups excluding tert-OH is 1. The highest BCUT2D eigenvalue weighted by Gasteiger charge is 2.32. The summed E-state index contributed by atoms with van der Waals surface area (Å²) in [6.45, 7) is 14.7. The van der Waals surface area contributed by atoms with Crippen LogP contribution in [0.1, 0.15) is 73.6 Å². The lowest BCUT2D eigenvalue weighted by Crippen LogP contribution is -2.30. The van der Waals surface area contributed by atoms with Crippen LogP contribution in [0.15, 0.2) is 0 Å². The Morgan fingerprint density at radius 2 is 1.75 bits per heavy atom. The molecule has 0 saturated carbocycles. The Labute approximate surface area is 125 Å². The van der Waals surface area contributed by atoms with Gasteiger partial charge in [0.05, 0.1) is 0 Å². The molecule has 1 atom stereocenters. The average Bonchev–Trinajstić information content (AvgIpc) is 2.32. The summed E-state index contributed by atoms with van der Waals surface area (Å²) in [5.41, 5.74) is 0.664. The van der Waals surface area contributed by atoms with Gasteiger partial charge in [0.1, 0.15) is 0 Å². The Morgan fingerprint density at radius 1 is 1.15 bits per heavy atom. The van der Waals surface area contributed by atoms with Gasteiger partial charge in [0.25, 0.3) is 0 Å². The summed E-state index contributed by atoms with van der Waals surface area (Å²) in [5.74, 6) is 0.691. The largest absolute Gasteiger partial charge is 0.396 e. The van der Waals surface area contributed by atoms with E-state index in [0.29, 0.717) is 29.6 Å². The van der Waals surface area contributed by atoms with E-state index in [1.165, 1.54) is 12.8 Å². The molecule has 0 spiro atoms. The van der Waals surface area contributed by atoms with E-state index in [9.17, 15) is 4.79 Å². The number of rotatable bonds is 9. The summed E-state index contributed by atoms with van der Waals surface area (Å²) >= 11 is 0. The average molecular weight is 285 g/mol. The molecule has 0 rings (SSSR count). The van der Waals surface area contributed by atoms with Crippen LogP contribution in [0.25, 0.3) is 0 Å². The molecule has 0 aromatic rings. The normalized spacial score (nSPS) is 14.2. The second-order valence-electron chi connectivity index (χ2n) is 7.74. The molecule has 0 aliphatic heterocycles. The fraction of sp³-hybridized carbons (Fsp3) is 0.941. The van der Waals surface area contributed by atoms with Gasteiger partial charge in [-0.15, -0.1) is 0 Å². The van der Waals surface area contributed by atoms with Crippen LogP contribution in [-0.2, 0) is 4.79 Å². The lowest BCUT2D eigenvalue weighted by molar-refractivity contribution is -0.121. The molecule has 0 aliphatic rings. The van der Waals surface area contributed by atoms with Crippen molar-refractivity contribution in [1.82, 2.24) is 5.32 Å². The molecule has 1 unspecified atom stereocenters. The van der Waals surface area contributed by atoms with Gasteiger partial charge in [-0.3, -0.25) is 4.79 Å². The second kappa shape index (κ2) is 8.66. The van der Waals surface area contributed by atoms with Crippen molar-refractivity contribution < 1.29 is 9.90 Å². The third-order valence-electron chi connectivity index (χ3n) is 4.81. The van der Waals surface area contributed by atoms with Crippen molar-refractivity contribution >= 4 is 5.91 Å². The van der Waals surface area contributed by atoms with Gasteiger partial charge >= 0.3 is 0 Å². The van der Waals surface area contributed by atoms with Gasteiger partial charge in [-0.05, 0) is 36.0 Å². The van der Waals surface area contributed by atoms with E-state index in [1.807, 2.05) is 0 Å². The zero-order valence-corrected chi connectivity index (χ0v) is 14.4. The Kier molecular flexibility index (Phi) is 8.41. The molecule has 20 heavy (non-hydrogen) atoms. The summed E-state index contributed by atoms with van der Waals surface area (Å²) in [4.78, 5) is 11.4. The number of nitrogens with one attached hydrogen (secondary N) is 1. The third-order valence-corrected chi connectivity index (χ3v) is 4.81. The van der Waals surface area contributed by atoms with Crippen LogP contribution in [0.5, 0.6) is 0 Å². The summed E-state index contributed by atoms with van der Waals surface area (Å²) in [6, 6.07) is 0. The first-order valence-electron chi connectivity index (χ1n) is 7.97. The number of carbonyl (C=O) groups is 1. The monoisotopic (exact) mass is 285 g/mol. The zero-order chi connectivity index (χ0) is 15.8. The topological polar surface area (TPSA) is 49.3 Å². The van der Waals surface area contributed by atoms with Crippen molar-refractivity contribution in [2.45, 2.75) is 73.6 Å². The fourth-order valence-corrected chi connectivity index (χ4v) is 1.91. The van der Waals surface area contributed by atoms with E-state index < -0.39 is 0 Å². The Morgan fingerprint density at radius 3 is 2.25 bits per heavy atom. The van der Waals surface area contributed by atoms with E-state index in [2.05, 4.69) is 46.9 Å². The third kappa shape index (κ3) is 7.88. The second-order valence-corrected chi connectivity index (χ2v) is 7.74. The highest BCUT2D eigenvalue weighted by Crippen LogP contribution is 2.42. The predicted octanol–water partition coefficient (Wildman–Crippen LogP) is 3.75. The Hall–Kier alpha value is -0.570. The molecule has 2 N–H and O–H groups in total. The van der Waals surface area contributed by atoms with Gasteiger partial charge in [0.15, 0.2) is 0 Å². The van der Waals surface area contributed by atoms with Crippen LogP contribution in [0.4, 0.5) is 0 Å². The lowest BCUT2D eigenvalue weighted by Gasteiger charge is -2.39. The fourth-order valence-electron chi connectivity index (χ4n) is 1.91. The highest BCUT2D eigenvalue weighted by atomic mass is 16.3. The Bertz CT molecular complexity index is 279. The number of hydrogen-bond donors (Lipinski definition) is 2. The number of aliphatic hydroxyl groups is 1. The van der Waals surface area contributed by atoms with Gasteiger partial charge in [-0.2, -0.15) is 0 Å². The quantitative estimate of drug-likeness (QED) is 0.678. The van der Waals surface area contributed by atoms with Crippen LogP contribution in [0.3, 0.4) is 0 Å². The molecule has 0 aromatic carbocycles. The molecule has 120 valence electrons. The van der Waals surface area contributed by atoms with Gasteiger partial charge < -0.3 is 10.4 Å². The van der Waals surface area contributed by atoms with Crippen molar-refractivity contribution in [1.29, 1.82) is 0 Å². The van der Waals surface area contributed by atoms with E-state index in [1.54, 1.807) is 0 Å². The van der Waals surface area contributed by atoms with Gasteiger partial charge in [0.2, 0.25) is 5.91 Å². The summed E-state index contributed by atoms with van der Waals surface area (Å²) in [6.07, 6.45) is 4.45. The Balaban J connectivity index is 3.85. The molecule has 0 bridgehead atoms. The summed E-state index contributed by atoms with van der Waals surface area (Å²) in [5, 5.41) is 11.6. The van der Waals surface area contributed by atoms with Gasteiger partial charge in [-0.1, -0.05) is 48.0 Å². The summed E-state index contributed by atoms with van der Waals surface area (Å²) < 4.78 is 0. The van der Waals surface area contributed by atoms with Crippen molar-refractivity contribution in [2.24, 2.45) is 16.7 Å². The smallest absolute Gasteiger partial charge is 0.220 e. The SMILES string of the molecule is CC(CCNC(=O)CCCO)CCC(C)(C)C(C)(C)C. The molecular formula is C17H35NO2. The van der Waals surface area contributed by atoms with Crippen LogP contribution in [0, 0.1) is 16.7 Å². The minimum atomic E-state index is 0.0567. The highest BCUT2D eigenvalue weighted by molar-refractivity contribution is 5.75. The lowest BCUT2D eigenvalue weighted by atomic mass is 9.66. The van der Waals surface area contributed by atoms with Crippen LogP contribution >= 0.6 is 0 Å². The number of carbonyl (C=O) groups excluding carboxylic acids is 1. The van der Waals surface area contributed by atoms with E-state index in [0.717, 1.165) is 13.0 Å². The predicted molar refractivity (Wildman–Crippen MR) is 85.6 cm³/mol. The molecule has 0 fully saturated rings. The molecular weight excluding hydrogens is 250 g/mol. The molecule has 0 saturated heterocycles. The zero-order valence-electron chi connectivity index (χ0n) is 14.4. The maximum atomic E-state index is 11.4. The van der Waals surface area contributed by atoms with Crippen LogP contribution in [-0.4, -0.2) is 24.2 Å². The number of amides is 1. The van der Waals surface area contributed by atoms with Gasteiger partial charge in [-0.25, -0.2) is 0 Å². The van der Waals surface area contributed by atoms with Crippen LogP contribution < -0.4 is 5.32 Å².